The average Bonchev–Trinajstić information content (AvgIpc) is 3.25. The number of allylic oxidation sites excluding steroid dienone is 2. The number of ether oxygens (including phenoxy) is 2. The third-order valence-corrected chi connectivity index (χ3v) is 6.38. The number of dihydropyridines is 1. The number of hydrogen-bond donors (Lipinski definition) is 1. The van der Waals surface area contributed by atoms with Crippen molar-refractivity contribution in [2.75, 3.05) is 20.3 Å². The maximum absolute atomic E-state index is 13.3. The van der Waals surface area contributed by atoms with Gasteiger partial charge in [0.15, 0.2) is 0 Å². The minimum atomic E-state index is -1.01. The summed E-state index contributed by atoms with van der Waals surface area (Å²) in [6.07, 6.45) is 0. The maximum Gasteiger partial charge on any atom is 0.336 e. The fourth-order valence-electron chi connectivity index (χ4n) is 4.76. The number of para-hydroxylation sites is 1. The lowest BCUT2D eigenvalue weighted by Crippen LogP contribution is -2.33. The van der Waals surface area contributed by atoms with Crippen molar-refractivity contribution in [1.82, 2.24) is 10.2 Å². The SMILES string of the molecule is COC(=O)C1=C(C)NC(C)=C(C(=O)OCCN2Cc3ccccc3C2)C1c1ccccc1[N+](=O)[O-]. The summed E-state index contributed by atoms with van der Waals surface area (Å²) in [5, 5.41) is 14.8. The van der Waals surface area contributed by atoms with E-state index in [2.05, 4.69) is 22.3 Å². The third-order valence-electron chi connectivity index (χ3n) is 6.38. The minimum Gasteiger partial charge on any atom is -0.466 e. The van der Waals surface area contributed by atoms with Crippen LogP contribution in [0.2, 0.25) is 0 Å². The fourth-order valence-corrected chi connectivity index (χ4v) is 4.76. The number of fused-ring (bicyclic) bond motifs is 1. The van der Waals surface area contributed by atoms with Gasteiger partial charge >= 0.3 is 11.9 Å². The Kier molecular flexibility index (Phi) is 6.97. The molecule has 2 aromatic rings. The van der Waals surface area contributed by atoms with E-state index < -0.39 is 22.8 Å². The van der Waals surface area contributed by atoms with E-state index in [-0.39, 0.29) is 29.0 Å². The molecule has 9 heteroatoms. The zero-order valence-electron chi connectivity index (χ0n) is 19.9. The zero-order chi connectivity index (χ0) is 25.1. The largest absolute Gasteiger partial charge is 0.466 e. The van der Waals surface area contributed by atoms with Gasteiger partial charge in [0, 0.05) is 42.7 Å². The number of nitrogens with one attached hydrogen (secondary N) is 1. The van der Waals surface area contributed by atoms with Crippen molar-refractivity contribution in [2.45, 2.75) is 32.9 Å². The normalized spacial score (nSPS) is 17.6. The van der Waals surface area contributed by atoms with E-state index in [4.69, 9.17) is 9.47 Å². The van der Waals surface area contributed by atoms with Crippen LogP contribution in [0.4, 0.5) is 5.69 Å². The monoisotopic (exact) mass is 477 g/mol. The van der Waals surface area contributed by atoms with Crippen LogP contribution in [-0.2, 0) is 32.2 Å². The van der Waals surface area contributed by atoms with Crippen LogP contribution in [0.3, 0.4) is 0 Å². The van der Waals surface area contributed by atoms with Crippen molar-refractivity contribution in [3.8, 4) is 0 Å². The van der Waals surface area contributed by atoms with Crippen LogP contribution in [-0.4, -0.2) is 42.0 Å². The first-order chi connectivity index (χ1) is 16.8. The third kappa shape index (κ3) is 4.81. The van der Waals surface area contributed by atoms with E-state index in [1.165, 1.54) is 24.3 Å². The standard InChI is InChI=1S/C26H27N3O6/c1-16-22(25(30)34-3)24(20-10-6-7-11-21(20)29(32)33)23(17(2)27-16)26(31)35-13-12-28-14-18-8-4-5-9-19(18)15-28/h4-11,24,27H,12-15H2,1-3H3. The molecule has 1 unspecified atom stereocenters. The van der Waals surface area contributed by atoms with Crippen molar-refractivity contribution in [1.29, 1.82) is 0 Å². The molecule has 0 aromatic heterocycles. The number of carbonyl (C=O) groups excluding carboxylic acids is 2. The Bertz CT molecular complexity index is 1220. The van der Waals surface area contributed by atoms with Gasteiger partial charge in [-0.15, -0.1) is 0 Å². The summed E-state index contributed by atoms with van der Waals surface area (Å²) in [7, 11) is 1.23. The van der Waals surface area contributed by atoms with Crippen LogP contribution in [0.15, 0.2) is 71.1 Å². The summed E-state index contributed by atoms with van der Waals surface area (Å²) in [5.41, 5.74) is 3.76. The van der Waals surface area contributed by atoms with E-state index in [0.29, 0.717) is 17.9 Å². The van der Waals surface area contributed by atoms with Crippen LogP contribution >= 0.6 is 0 Å². The molecular formula is C26H27N3O6. The molecule has 0 radical (unpaired) electrons. The van der Waals surface area contributed by atoms with Gasteiger partial charge in [0.1, 0.15) is 6.61 Å². The number of methoxy groups -OCH3 is 1. The predicted molar refractivity (Wildman–Crippen MR) is 128 cm³/mol. The van der Waals surface area contributed by atoms with E-state index in [0.717, 1.165) is 13.1 Å². The summed E-state index contributed by atoms with van der Waals surface area (Å²) in [4.78, 5) is 39.5. The Hall–Kier alpha value is -3.98. The number of benzene rings is 2. The number of nitrogens with zero attached hydrogens (tertiary/aromatic N) is 2. The molecule has 1 atom stereocenters. The lowest BCUT2D eigenvalue weighted by atomic mass is 9.79. The van der Waals surface area contributed by atoms with Gasteiger partial charge in [-0.05, 0) is 25.0 Å². The summed E-state index contributed by atoms with van der Waals surface area (Å²) in [6, 6.07) is 14.3. The molecule has 35 heavy (non-hydrogen) atoms. The second-order valence-electron chi connectivity index (χ2n) is 8.56. The van der Waals surface area contributed by atoms with Gasteiger partial charge in [-0.3, -0.25) is 15.0 Å². The molecule has 0 saturated heterocycles. The van der Waals surface area contributed by atoms with E-state index >= 15 is 0 Å². The molecule has 0 bridgehead atoms. The Morgan fingerprint density at radius 3 is 2.17 bits per heavy atom. The number of esters is 2. The molecule has 2 heterocycles. The Labute approximate surface area is 203 Å². The second kappa shape index (κ2) is 10.1. The molecule has 0 fully saturated rings. The number of carbonyl (C=O) groups is 2. The van der Waals surface area contributed by atoms with E-state index in [1.54, 1.807) is 32.0 Å². The molecule has 2 aliphatic heterocycles. The quantitative estimate of drug-likeness (QED) is 0.366. The topological polar surface area (TPSA) is 111 Å². The van der Waals surface area contributed by atoms with Gasteiger partial charge in [-0.1, -0.05) is 42.5 Å². The Morgan fingerprint density at radius 1 is 1.00 bits per heavy atom. The molecule has 182 valence electrons. The molecule has 0 aliphatic carbocycles. The van der Waals surface area contributed by atoms with E-state index in [9.17, 15) is 19.7 Å². The van der Waals surface area contributed by atoms with Crippen molar-refractivity contribution >= 4 is 17.6 Å². The molecule has 0 amide bonds. The first-order valence-corrected chi connectivity index (χ1v) is 11.3. The number of rotatable bonds is 7. The summed E-state index contributed by atoms with van der Waals surface area (Å²) in [6.45, 7) is 5.60. The molecule has 2 aliphatic rings. The first-order valence-electron chi connectivity index (χ1n) is 11.3. The highest BCUT2D eigenvalue weighted by Crippen LogP contribution is 2.42. The van der Waals surface area contributed by atoms with Crippen LogP contribution in [0.1, 0.15) is 36.5 Å². The Morgan fingerprint density at radius 2 is 1.57 bits per heavy atom. The van der Waals surface area contributed by atoms with Crippen LogP contribution in [0.5, 0.6) is 0 Å². The van der Waals surface area contributed by atoms with Crippen molar-refractivity contribution in [3.63, 3.8) is 0 Å². The zero-order valence-corrected chi connectivity index (χ0v) is 19.9. The van der Waals surface area contributed by atoms with Gasteiger partial charge in [0.05, 0.1) is 29.1 Å². The average molecular weight is 478 g/mol. The first kappa shape index (κ1) is 24.2. The minimum absolute atomic E-state index is 0.134. The number of hydrogen-bond acceptors (Lipinski definition) is 8. The molecule has 1 N–H and O–H groups in total. The van der Waals surface area contributed by atoms with Gasteiger partial charge < -0.3 is 14.8 Å². The summed E-state index contributed by atoms with van der Waals surface area (Å²) in [5.74, 6) is -2.32. The van der Waals surface area contributed by atoms with Crippen molar-refractivity contribution < 1.29 is 24.0 Å². The number of nitro benzene ring substituents is 1. The van der Waals surface area contributed by atoms with Crippen LogP contribution in [0.25, 0.3) is 0 Å². The molecule has 0 saturated carbocycles. The highest BCUT2D eigenvalue weighted by molar-refractivity contribution is 6.00. The molecular weight excluding hydrogens is 450 g/mol. The van der Waals surface area contributed by atoms with Gasteiger partial charge in [0.2, 0.25) is 0 Å². The fraction of sp³-hybridized carbons (Fsp3) is 0.308. The summed E-state index contributed by atoms with van der Waals surface area (Å²) < 4.78 is 10.6. The molecule has 2 aromatic carbocycles. The van der Waals surface area contributed by atoms with Gasteiger partial charge in [0.25, 0.3) is 5.69 Å². The van der Waals surface area contributed by atoms with Crippen molar-refractivity contribution in [3.05, 3.63) is 97.9 Å². The van der Waals surface area contributed by atoms with Crippen LogP contribution < -0.4 is 5.32 Å². The molecule has 9 nitrogen and oxygen atoms in total. The predicted octanol–water partition coefficient (Wildman–Crippen LogP) is 3.56. The molecule has 4 rings (SSSR count). The smallest absolute Gasteiger partial charge is 0.336 e. The second-order valence-corrected chi connectivity index (χ2v) is 8.56. The summed E-state index contributed by atoms with van der Waals surface area (Å²) >= 11 is 0. The maximum atomic E-state index is 13.3. The lowest BCUT2D eigenvalue weighted by molar-refractivity contribution is -0.385. The van der Waals surface area contributed by atoms with Crippen LogP contribution in [0, 0.1) is 10.1 Å². The molecule has 0 spiro atoms. The van der Waals surface area contributed by atoms with Gasteiger partial charge in [-0.25, -0.2) is 9.59 Å². The highest BCUT2D eigenvalue weighted by Gasteiger charge is 2.40. The van der Waals surface area contributed by atoms with Gasteiger partial charge in [-0.2, -0.15) is 0 Å². The number of nitro groups is 1. The lowest BCUT2D eigenvalue weighted by Gasteiger charge is -2.30. The van der Waals surface area contributed by atoms with Crippen molar-refractivity contribution in [2.24, 2.45) is 0 Å². The Balaban J connectivity index is 1.59. The van der Waals surface area contributed by atoms with E-state index in [1.807, 2.05) is 12.1 Å². The highest BCUT2D eigenvalue weighted by atomic mass is 16.6.